The highest BCUT2D eigenvalue weighted by molar-refractivity contribution is 9.10. The van der Waals surface area contributed by atoms with E-state index in [-0.39, 0.29) is 17.8 Å². The first-order valence-corrected chi connectivity index (χ1v) is 7.44. The molecule has 0 aliphatic rings. The van der Waals surface area contributed by atoms with E-state index in [2.05, 4.69) is 26.0 Å². The van der Waals surface area contributed by atoms with Crippen LogP contribution in [-0.4, -0.2) is 37.9 Å². The minimum Gasteiger partial charge on any atom is -0.444 e. The number of carbonyl (C=O) groups is 1. The fourth-order valence-electron chi connectivity index (χ4n) is 0.724. The van der Waals surface area contributed by atoms with Gasteiger partial charge in [0.25, 0.3) is 0 Å². The number of halogens is 1. The molecule has 0 bridgehead atoms. The van der Waals surface area contributed by atoms with Gasteiger partial charge in [-0.1, -0.05) is 15.9 Å². The monoisotopic (exact) mass is 316 g/mol. The van der Waals surface area contributed by atoms with Crippen molar-refractivity contribution in [1.82, 2.24) is 10.0 Å². The summed E-state index contributed by atoms with van der Waals surface area (Å²) in [6.45, 7) is 5.56. The highest BCUT2D eigenvalue weighted by atomic mass is 79.9. The first kappa shape index (κ1) is 15.7. The molecule has 0 unspecified atom stereocenters. The number of ether oxygens (including phenoxy) is 1. The topological polar surface area (TPSA) is 84.5 Å². The molecule has 0 rings (SSSR count). The van der Waals surface area contributed by atoms with Gasteiger partial charge < -0.3 is 10.1 Å². The van der Waals surface area contributed by atoms with Crippen LogP contribution in [-0.2, 0) is 14.8 Å². The molecule has 96 valence electrons. The molecule has 0 spiro atoms. The molecule has 6 nitrogen and oxygen atoms in total. The zero-order valence-corrected chi connectivity index (χ0v) is 11.9. The van der Waals surface area contributed by atoms with Crippen molar-refractivity contribution in [3.63, 3.8) is 0 Å². The second kappa shape index (κ2) is 6.41. The molecule has 0 saturated carbocycles. The van der Waals surface area contributed by atoms with E-state index in [0.29, 0.717) is 0 Å². The number of hydrogen-bond acceptors (Lipinski definition) is 4. The molecule has 0 fully saturated rings. The van der Waals surface area contributed by atoms with E-state index in [9.17, 15) is 13.2 Å². The Morgan fingerprint density at radius 1 is 1.31 bits per heavy atom. The quantitative estimate of drug-likeness (QED) is 0.580. The number of alkyl carbamates (subject to hydrolysis) is 1. The number of rotatable bonds is 5. The molecule has 1 amide bonds. The number of sulfonamides is 1. The first-order chi connectivity index (χ1) is 7.16. The lowest BCUT2D eigenvalue weighted by atomic mass is 10.2. The van der Waals surface area contributed by atoms with Gasteiger partial charge in [0.1, 0.15) is 10.3 Å². The second-order valence-corrected chi connectivity index (χ2v) is 7.16. The zero-order valence-electron chi connectivity index (χ0n) is 9.54. The lowest BCUT2D eigenvalue weighted by molar-refractivity contribution is 0.0529. The van der Waals surface area contributed by atoms with Crippen LogP contribution in [0.2, 0.25) is 0 Å². The summed E-state index contributed by atoms with van der Waals surface area (Å²) in [4.78, 5) is 11.1. The van der Waals surface area contributed by atoms with Gasteiger partial charge in [0.05, 0.1) is 0 Å². The molecule has 0 aromatic rings. The highest BCUT2D eigenvalue weighted by Gasteiger charge is 2.15. The van der Waals surface area contributed by atoms with E-state index in [1.807, 2.05) is 0 Å². The average Bonchev–Trinajstić information content (AvgIpc) is 2.10. The third kappa shape index (κ3) is 8.93. The Morgan fingerprint density at radius 3 is 2.31 bits per heavy atom. The van der Waals surface area contributed by atoms with Crippen LogP contribution in [0.4, 0.5) is 4.79 Å². The van der Waals surface area contributed by atoms with Gasteiger partial charge in [-0.15, -0.1) is 0 Å². The fraction of sp³-hybridized carbons (Fsp3) is 0.875. The predicted octanol–water partition coefficient (Wildman–Crippen LogP) is 0.783. The Kier molecular flexibility index (Phi) is 6.27. The summed E-state index contributed by atoms with van der Waals surface area (Å²) in [5.41, 5.74) is -0.556. The summed E-state index contributed by atoms with van der Waals surface area (Å²) in [5, 5.41) is 2.43. The summed E-state index contributed by atoms with van der Waals surface area (Å²) in [6.07, 6.45) is -0.564. The van der Waals surface area contributed by atoms with Crippen molar-refractivity contribution in [3.05, 3.63) is 0 Å². The number of nitrogens with one attached hydrogen (secondary N) is 2. The normalized spacial score (nSPS) is 12.2. The Labute approximate surface area is 104 Å². The molecule has 16 heavy (non-hydrogen) atoms. The van der Waals surface area contributed by atoms with Crippen LogP contribution in [0.5, 0.6) is 0 Å². The first-order valence-electron chi connectivity index (χ1n) is 4.66. The molecule has 2 N–H and O–H groups in total. The van der Waals surface area contributed by atoms with Crippen LogP contribution in [0.1, 0.15) is 20.8 Å². The summed E-state index contributed by atoms with van der Waals surface area (Å²) < 4.78 is 29.0. The van der Waals surface area contributed by atoms with Crippen LogP contribution in [0.3, 0.4) is 0 Å². The molecule has 8 heteroatoms. The summed E-state index contributed by atoms with van der Waals surface area (Å²) in [7, 11) is -3.28. The Balaban J connectivity index is 3.72. The van der Waals surface area contributed by atoms with Crippen molar-refractivity contribution < 1.29 is 17.9 Å². The van der Waals surface area contributed by atoms with Gasteiger partial charge in [0, 0.05) is 13.1 Å². The zero-order chi connectivity index (χ0) is 12.8. The van der Waals surface area contributed by atoms with Gasteiger partial charge in [-0.25, -0.2) is 17.9 Å². The molecule has 0 aliphatic carbocycles. The Hall–Kier alpha value is -0.340. The molecule has 0 radical (unpaired) electrons. The molecule has 0 aliphatic heterocycles. The van der Waals surface area contributed by atoms with Gasteiger partial charge in [-0.3, -0.25) is 0 Å². The molecular formula is C8H17BrN2O4S. The molecule has 0 aromatic carbocycles. The van der Waals surface area contributed by atoms with E-state index in [4.69, 9.17) is 4.74 Å². The van der Waals surface area contributed by atoms with Crippen molar-refractivity contribution in [2.75, 3.05) is 17.8 Å². The average molecular weight is 317 g/mol. The predicted molar refractivity (Wildman–Crippen MR) is 65.0 cm³/mol. The van der Waals surface area contributed by atoms with Gasteiger partial charge in [-0.05, 0) is 20.8 Å². The van der Waals surface area contributed by atoms with Crippen LogP contribution in [0.15, 0.2) is 0 Å². The lowest BCUT2D eigenvalue weighted by Crippen LogP contribution is -2.38. The van der Waals surface area contributed by atoms with E-state index in [1.165, 1.54) is 0 Å². The maximum atomic E-state index is 11.1. The minimum atomic E-state index is -3.28. The van der Waals surface area contributed by atoms with E-state index in [0.717, 1.165) is 0 Å². The summed E-state index contributed by atoms with van der Waals surface area (Å²) in [5.74, 6) is 0. The van der Waals surface area contributed by atoms with Gasteiger partial charge in [0.2, 0.25) is 10.0 Å². The molecule has 0 aromatic heterocycles. The van der Waals surface area contributed by atoms with Crippen LogP contribution in [0.25, 0.3) is 0 Å². The number of alkyl halides is 1. The maximum Gasteiger partial charge on any atom is 0.407 e. The SMILES string of the molecule is CC(C)(C)OC(=O)NCCNS(=O)(=O)CBr. The number of amides is 1. The number of hydrogen-bond donors (Lipinski definition) is 2. The smallest absolute Gasteiger partial charge is 0.407 e. The third-order valence-electron chi connectivity index (χ3n) is 1.26. The number of carbonyl (C=O) groups excluding carboxylic acids is 1. The maximum absolute atomic E-state index is 11.1. The van der Waals surface area contributed by atoms with Gasteiger partial charge in [-0.2, -0.15) is 0 Å². The van der Waals surface area contributed by atoms with Crippen molar-refractivity contribution >= 4 is 32.0 Å². The van der Waals surface area contributed by atoms with E-state index < -0.39 is 21.7 Å². The van der Waals surface area contributed by atoms with Crippen molar-refractivity contribution in [3.8, 4) is 0 Å². The molecule has 0 heterocycles. The molecule has 0 saturated heterocycles. The molecular weight excluding hydrogens is 300 g/mol. The largest absolute Gasteiger partial charge is 0.444 e. The van der Waals surface area contributed by atoms with Crippen LogP contribution >= 0.6 is 15.9 Å². The fourth-order valence-corrected chi connectivity index (χ4v) is 1.70. The van der Waals surface area contributed by atoms with E-state index in [1.54, 1.807) is 20.8 Å². The van der Waals surface area contributed by atoms with Crippen LogP contribution in [0, 0.1) is 0 Å². The lowest BCUT2D eigenvalue weighted by Gasteiger charge is -2.19. The second-order valence-electron chi connectivity index (χ2n) is 4.05. The minimum absolute atomic E-state index is 0.132. The van der Waals surface area contributed by atoms with Gasteiger partial charge >= 0.3 is 6.09 Å². The van der Waals surface area contributed by atoms with Crippen molar-refractivity contribution in [2.24, 2.45) is 0 Å². The van der Waals surface area contributed by atoms with Crippen molar-refractivity contribution in [1.29, 1.82) is 0 Å². The molecule has 0 atom stereocenters. The third-order valence-corrected chi connectivity index (χ3v) is 4.00. The summed E-state index contributed by atoms with van der Waals surface area (Å²) >= 11 is 2.83. The van der Waals surface area contributed by atoms with Gasteiger partial charge in [0.15, 0.2) is 0 Å². The standard InChI is InChI=1S/C8H17BrN2O4S/c1-8(2,3)15-7(12)10-4-5-11-16(13,14)6-9/h11H,4-6H2,1-3H3,(H,10,12). The highest BCUT2D eigenvalue weighted by Crippen LogP contribution is 2.05. The van der Waals surface area contributed by atoms with Crippen molar-refractivity contribution in [2.45, 2.75) is 26.4 Å². The summed E-state index contributed by atoms with van der Waals surface area (Å²) in [6, 6.07) is 0. The van der Waals surface area contributed by atoms with Crippen LogP contribution < -0.4 is 10.0 Å². The van der Waals surface area contributed by atoms with E-state index >= 15 is 0 Å². The Bertz CT molecular complexity index is 323. The Morgan fingerprint density at radius 2 is 1.88 bits per heavy atom.